The summed E-state index contributed by atoms with van der Waals surface area (Å²) in [6.07, 6.45) is 2.59. The van der Waals surface area contributed by atoms with Gasteiger partial charge in [-0.05, 0) is 49.1 Å². The van der Waals surface area contributed by atoms with E-state index in [0.29, 0.717) is 37.3 Å². The molecule has 3 heterocycles. The summed E-state index contributed by atoms with van der Waals surface area (Å²) in [5.41, 5.74) is 0.820. The summed E-state index contributed by atoms with van der Waals surface area (Å²) in [7, 11) is -2.36. The normalized spacial score (nSPS) is 15.8. The number of likely N-dealkylation sites (tertiary alicyclic amines) is 1. The predicted molar refractivity (Wildman–Crippen MR) is 129 cm³/mol. The second-order valence-corrected chi connectivity index (χ2v) is 10.6. The molecule has 34 heavy (non-hydrogen) atoms. The standard InChI is InChI=1S/C24H26N4O5S/c1-25-21-9-8-18(34(32,33)28-15-10-17-6-2-3-7-20(17)28)16-19(21)23(30)27(24(25)31)14-11-22(29)26-12-4-5-13-26/h2-3,6-9,16H,4-5,10-15H2,1H3. The molecule has 1 saturated heterocycles. The van der Waals surface area contributed by atoms with Gasteiger partial charge in [-0.25, -0.2) is 13.2 Å². The maximum Gasteiger partial charge on any atom is 0.331 e. The molecule has 0 radical (unpaired) electrons. The minimum absolute atomic E-state index is 0.00727. The van der Waals surface area contributed by atoms with Crippen LogP contribution in [0.1, 0.15) is 24.8 Å². The zero-order valence-electron chi connectivity index (χ0n) is 18.9. The molecule has 0 atom stereocenters. The van der Waals surface area contributed by atoms with Gasteiger partial charge < -0.3 is 4.90 Å². The fraction of sp³-hybridized carbons (Fsp3) is 0.375. The molecule has 2 aromatic carbocycles. The number of fused-ring (bicyclic) bond motifs is 2. The largest absolute Gasteiger partial charge is 0.343 e. The van der Waals surface area contributed by atoms with E-state index >= 15 is 0 Å². The van der Waals surface area contributed by atoms with Crippen molar-refractivity contribution in [2.75, 3.05) is 23.9 Å². The van der Waals surface area contributed by atoms with Gasteiger partial charge in [-0.15, -0.1) is 0 Å². The molecular weight excluding hydrogens is 456 g/mol. The van der Waals surface area contributed by atoms with Crippen LogP contribution < -0.4 is 15.6 Å². The number of nitrogens with zero attached hydrogens (tertiary/aromatic N) is 4. The Balaban J connectivity index is 1.53. The van der Waals surface area contributed by atoms with E-state index < -0.39 is 21.3 Å². The van der Waals surface area contributed by atoms with Gasteiger partial charge >= 0.3 is 5.69 Å². The maximum atomic E-state index is 13.4. The lowest BCUT2D eigenvalue weighted by atomic mass is 10.2. The molecule has 0 unspecified atom stereocenters. The number of amides is 1. The van der Waals surface area contributed by atoms with E-state index in [1.807, 2.05) is 12.1 Å². The Morgan fingerprint density at radius 1 is 1.00 bits per heavy atom. The first kappa shape index (κ1) is 22.4. The van der Waals surface area contributed by atoms with Gasteiger partial charge in [0.25, 0.3) is 15.6 Å². The smallest absolute Gasteiger partial charge is 0.331 e. The first-order chi connectivity index (χ1) is 16.3. The zero-order valence-corrected chi connectivity index (χ0v) is 19.8. The molecule has 0 N–H and O–H groups in total. The number of sulfonamides is 1. The van der Waals surface area contributed by atoms with E-state index in [1.165, 1.54) is 34.1 Å². The quantitative estimate of drug-likeness (QED) is 0.548. The Bertz CT molecular complexity index is 1520. The van der Waals surface area contributed by atoms with Gasteiger partial charge in [-0.1, -0.05) is 18.2 Å². The third-order valence-corrected chi connectivity index (χ3v) is 8.57. The van der Waals surface area contributed by atoms with Crippen molar-refractivity contribution in [2.24, 2.45) is 7.05 Å². The van der Waals surface area contributed by atoms with E-state index in [2.05, 4.69) is 0 Å². The Morgan fingerprint density at radius 2 is 1.74 bits per heavy atom. The van der Waals surface area contributed by atoms with Crippen LogP contribution in [-0.2, 0) is 34.8 Å². The second kappa shape index (κ2) is 8.43. The molecule has 5 rings (SSSR count). The first-order valence-electron chi connectivity index (χ1n) is 11.4. The van der Waals surface area contributed by atoms with Crippen molar-refractivity contribution in [3.05, 3.63) is 68.9 Å². The summed E-state index contributed by atoms with van der Waals surface area (Å²) in [6.45, 7) is 1.68. The topological polar surface area (TPSA) is 102 Å². The van der Waals surface area contributed by atoms with Crippen LogP contribution in [0.4, 0.5) is 5.69 Å². The van der Waals surface area contributed by atoms with Crippen molar-refractivity contribution in [3.63, 3.8) is 0 Å². The van der Waals surface area contributed by atoms with Crippen molar-refractivity contribution < 1.29 is 13.2 Å². The van der Waals surface area contributed by atoms with Gasteiger partial charge in [0.05, 0.1) is 21.5 Å². The molecule has 178 valence electrons. The molecule has 10 heteroatoms. The van der Waals surface area contributed by atoms with Crippen molar-refractivity contribution in [1.29, 1.82) is 0 Å². The van der Waals surface area contributed by atoms with E-state index in [9.17, 15) is 22.8 Å². The number of anilines is 1. The average Bonchev–Trinajstić information content (AvgIpc) is 3.53. The lowest BCUT2D eigenvalue weighted by Gasteiger charge is -2.20. The molecule has 1 aromatic heterocycles. The SMILES string of the molecule is Cn1c(=O)n(CCC(=O)N2CCCC2)c(=O)c2cc(S(=O)(=O)N3CCc4ccccc43)ccc21. The fourth-order valence-corrected chi connectivity index (χ4v) is 6.40. The van der Waals surface area contributed by atoms with Gasteiger partial charge in [-0.2, -0.15) is 0 Å². The molecule has 1 fully saturated rings. The maximum absolute atomic E-state index is 13.4. The van der Waals surface area contributed by atoms with Gasteiger partial charge in [0.1, 0.15) is 0 Å². The molecule has 1 amide bonds. The Labute approximate surface area is 196 Å². The predicted octanol–water partition coefficient (Wildman–Crippen LogP) is 1.46. The Morgan fingerprint density at radius 3 is 2.50 bits per heavy atom. The van der Waals surface area contributed by atoms with Crippen LogP contribution in [0.25, 0.3) is 10.9 Å². The number of hydrogen-bond donors (Lipinski definition) is 0. The van der Waals surface area contributed by atoms with Crippen molar-refractivity contribution in [2.45, 2.75) is 37.1 Å². The van der Waals surface area contributed by atoms with Crippen LogP contribution in [-0.4, -0.2) is 48.0 Å². The molecule has 2 aliphatic rings. The third kappa shape index (κ3) is 3.62. The minimum Gasteiger partial charge on any atom is -0.343 e. The van der Waals surface area contributed by atoms with Gasteiger partial charge in [0.15, 0.2) is 0 Å². The molecular formula is C24H26N4O5S. The van der Waals surface area contributed by atoms with Crippen molar-refractivity contribution >= 4 is 32.5 Å². The summed E-state index contributed by atoms with van der Waals surface area (Å²) in [5.74, 6) is -0.0874. The number of rotatable bonds is 5. The first-order valence-corrected chi connectivity index (χ1v) is 12.8. The molecule has 3 aromatic rings. The lowest BCUT2D eigenvalue weighted by Crippen LogP contribution is -2.40. The van der Waals surface area contributed by atoms with Crippen LogP contribution >= 0.6 is 0 Å². The Hall–Kier alpha value is -3.40. The highest BCUT2D eigenvalue weighted by atomic mass is 32.2. The van der Waals surface area contributed by atoms with E-state index in [4.69, 9.17) is 0 Å². The highest BCUT2D eigenvalue weighted by Crippen LogP contribution is 2.33. The van der Waals surface area contributed by atoms with Crippen LogP contribution in [0.15, 0.2) is 56.9 Å². The number of aromatic nitrogens is 2. The third-order valence-electron chi connectivity index (χ3n) is 6.76. The molecule has 2 aliphatic heterocycles. The van der Waals surface area contributed by atoms with Crippen molar-refractivity contribution in [3.8, 4) is 0 Å². The lowest BCUT2D eigenvalue weighted by molar-refractivity contribution is -0.130. The van der Waals surface area contributed by atoms with E-state index in [-0.39, 0.29) is 29.2 Å². The van der Waals surface area contributed by atoms with E-state index in [0.717, 1.165) is 23.0 Å². The number of para-hydroxylation sites is 1. The zero-order chi connectivity index (χ0) is 24.0. The monoisotopic (exact) mass is 482 g/mol. The molecule has 0 bridgehead atoms. The number of benzene rings is 2. The average molecular weight is 483 g/mol. The number of carbonyl (C=O) groups is 1. The molecule has 0 aliphatic carbocycles. The number of carbonyl (C=O) groups excluding carboxylic acids is 1. The summed E-state index contributed by atoms with van der Waals surface area (Å²) in [6, 6.07) is 11.6. The molecule has 0 spiro atoms. The van der Waals surface area contributed by atoms with E-state index in [1.54, 1.807) is 17.0 Å². The Kier molecular flexibility index (Phi) is 5.55. The van der Waals surface area contributed by atoms with Crippen LogP contribution in [0.2, 0.25) is 0 Å². The van der Waals surface area contributed by atoms with Gasteiger partial charge in [-0.3, -0.25) is 23.0 Å². The number of hydrogen-bond acceptors (Lipinski definition) is 5. The summed E-state index contributed by atoms with van der Waals surface area (Å²) < 4.78 is 30.6. The van der Waals surface area contributed by atoms with Gasteiger partial charge in [0, 0.05) is 39.6 Å². The van der Waals surface area contributed by atoms with Crippen LogP contribution in [0, 0.1) is 0 Å². The fourth-order valence-electron chi connectivity index (χ4n) is 4.87. The van der Waals surface area contributed by atoms with Crippen LogP contribution in [0.5, 0.6) is 0 Å². The molecule has 9 nitrogen and oxygen atoms in total. The minimum atomic E-state index is -3.90. The summed E-state index contributed by atoms with van der Waals surface area (Å²) >= 11 is 0. The number of aryl methyl sites for hydroxylation is 1. The van der Waals surface area contributed by atoms with Crippen molar-refractivity contribution in [1.82, 2.24) is 14.0 Å². The highest BCUT2D eigenvalue weighted by Gasteiger charge is 2.31. The summed E-state index contributed by atoms with van der Waals surface area (Å²) in [4.78, 5) is 40.3. The van der Waals surface area contributed by atoms with Gasteiger partial charge in [0.2, 0.25) is 5.91 Å². The van der Waals surface area contributed by atoms with Crippen LogP contribution in [0.3, 0.4) is 0 Å². The summed E-state index contributed by atoms with van der Waals surface area (Å²) in [5, 5.41) is 0.129. The molecule has 0 saturated carbocycles. The highest BCUT2D eigenvalue weighted by molar-refractivity contribution is 7.92. The second-order valence-electron chi connectivity index (χ2n) is 8.77.